The van der Waals surface area contributed by atoms with Crippen molar-refractivity contribution in [2.24, 2.45) is 0 Å². The third-order valence-corrected chi connectivity index (χ3v) is 2.25. The molecule has 0 bridgehead atoms. The third-order valence-electron chi connectivity index (χ3n) is 2.09. The summed E-state index contributed by atoms with van der Waals surface area (Å²) < 4.78 is 5.49. The van der Waals surface area contributed by atoms with E-state index in [0.29, 0.717) is 5.82 Å². The van der Waals surface area contributed by atoms with Crippen molar-refractivity contribution in [1.82, 2.24) is 15.2 Å². The van der Waals surface area contributed by atoms with Gasteiger partial charge in [-0.15, -0.1) is 5.10 Å². The second-order valence-electron chi connectivity index (χ2n) is 3.43. The van der Waals surface area contributed by atoms with Gasteiger partial charge in [-0.2, -0.15) is 10.1 Å². The van der Waals surface area contributed by atoms with Gasteiger partial charge in [0, 0.05) is 0 Å². The van der Waals surface area contributed by atoms with Gasteiger partial charge in [0.1, 0.15) is 17.3 Å². The second kappa shape index (κ2) is 4.49. The summed E-state index contributed by atoms with van der Waals surface area (Å²) in [6, 6.07) is 3.84. The molecule has 1 unspecified atom stereocenters. The van der Waals surface area contributed by atoms with E-state index in [1.807, 2.05) is 26.0 Å². The maximum absolute atomic E-state index is 5.63. The minimum Gasteiger partial charge on any atom is -0.464 e. The molecule has 2 aromatic heterocycles. The van der Waals surface area contributed by atoms with Gasteiger partial charge in [0.05, 0.1) is 12.2 Å². The molecule has 0 spiro atoms. The highest BCUT2D eigenvalue weighted by Crippen LogP contribution is 2.19. The van der Waals surface area contributed by atoms with Crippen LogP contribution in [0.3, 0.4) is 0 Å². The molecule has 0 radical (unpaired) electrons. The number of nitrogens with one attached hydrogen (secondary N) is 1. The van der Waals surface area contributed by atoms with E-state index < -0.39 is 0 Å². The highest BCUT2D eigenvalue weighted by atomic mass is 35.5. The van der Waals surface area contributed by atoms with Gasteiger partial charge in [0.25, 0.3) is 0 Å². The fourth-order valence-corrected chi connectivity index (χ4v) is 1.47. The van der Waals surface area contributed by atoms with Crippen LogP contribution in [0.1, 0.15) is 24.5 Å². The summed E-state index contributed by atoms with van der Waals surface area (Å²) in [5, 5.41) is 10.5. The van der Waals surface area contributed by atoms with Crippen LogP contribution in [0.4, 0.5) is 5.82 Å². The number of nitrogens with zero attached hydrogens (tertiary/aromatic N) is 3. The first-order valence-electron chi connectivity index (χ1n) is 4.83. The topological polar surface area (TPSA) is 63.8 Å². The highest BCUT2D eigenvalue weighted by Gasteiger charge is 2.10. The zero-order chi connectivity index (χ0) is 11.5. The molecule has 1 N–H and O–H groups in total. The molecule has 0 aliphatic heterocycles. The number of anilines is 1. The summed E-state index contributed by atoms with van der Waals surface area (Å²) in [7, 11) is 0. The van der Waals surface area contributed by atoms with Crippen molar-refractivity contribution in [3.8, 4) is 0 Å². The van der Waals surface area contributed by atoms with Gasteiger partial charge < -0.3 is 9.73 Å². The Labute approximate surface area is 97.9 Å². The lowest BCUT2D eigenvalue weighted by Crippen LogP contribution is -2.07. The monoisotopic (exact) mass is 238 g/mol. The molecular formula is C10H11ClN4O. The van der Waals surface area contributed by atoms with E-state index in [2.05, 4.69) is 20.5 Å². The number of halogens is 1. The summed E-state index contributed by atoms with van der Waals surface area (Å²) in [6.45, 7) is 3.87. The Hall–Kier alpha value is -1.62. The van der Waals surface area contributed by atoms with Crippen molar-refractivity contribution in [1.29, 1.82) is 0 Å². The van der Waals surface area contributed by atoms with Gasteiger partial charge in [0.2, 0.25) is 5.28 Å². The molecule has 0 fully saturated rings. The van der Waals surface area contributed by atoms with Crippen LogP contribution in [0, 0.1) is 6.92 Å². The molecule has 2 aromatic rings. The summed E-state index contributed by atoms with van der Waals surface area (Å²) in [5.41, 5.74) is 0. The molecule has 16 heavy (non-hydrogen) atoms. The first-order chi connectivity index (χ1) is 7.65. The molecule has 0 aliphatic carbocycles. The molecule has 0 saturated carbocycles. The van der Waals surface area contributed by atoms with Crippen molar-refractivity contribution in [3.05, 3.63) is 35.1 Å². The van der Waals surface area contributed by atoms with E-state index in [1.165, 1.54) is 6.20 Å². The van der Waals surface area contributed by atoms with Gasteiger partial charge in [-0.25, -0.2) is 0 Å². The van der Waals surface area contributed by atoms with E-state index in [9.17, 15) is 0 Å². The van der Waals surface area contributed by atoms with Gasteiger partial charge in [-0.1, -0.05) is 0 Å². The van der Waals surface area contributed by atoms with Crippen molar-refractivity contribution in [3.63, 3.8) is 0 Å². The van der Waals surface area contributed by atoms with E-state index in [1.54, 1.807) is 0 Å². The number of aryl methyl sites for hydroxylation is 1. The molecule has 84 valence electrons. The van der Waals surface area contributed by atoms with E-state index in [-0.39, 0.29) is 11.3 Å². The lowest BCUT2D eigenvalue weighted by atomic mass is 10.2. The van der Waals surface area contributed by atoms with Crippen LogP contribution in [-0.2, 0) is 0 Å². The molecule has 2 rings (SSSR count). The second-order valence-corrected chi connectivity index (χ2v) is 3.76. The van der Waals surface area contributed by atoms with Crippen LogP contribution in [0.15, 0.2) is 22.7 Å². The largest absolute Gasteiger partial charge is 0.464 e. The van der Waals surface area contributed by atoms with Crippen molar-refractivity contribution < 1.29 is 4.42 Å². The predicted octanol–water partition coefficient (Wildman–Crippen LogP) is 2.60. The average molecular weight is 239 g/mol. The fraction of sp³-hybridized carbons (Fsp3) is 0.300. The summed E-state index contributed by atoms with van der Waals surface area (Å²) in [6.07, 6.45) is 1.51. The Balaban J connectivity index is 2.10. The predicted molar refractivity (Wildman–Crippen MR) is 60.3 cm³/mol. The van der Waals surface area contributed by atoms with Gasteiger partial charge in [-0.05, 0) is 37.6 Å². The molecule has 2 heterocycles. The number of aromatic nitrogens is 3. The molecule has 0 aliphatic rings. The Morgan fingerprint density at radius 2 is 2.25 bits per heavy atom. The molecule has 0 amide bonds. The normalized spacial score (nSPS) is 12.4. The Morgan fingerprint density at radius 1 is 1.44 bits per heavy atom. The van der Waals surface area contributed by atoms with Crippen LogP contribution < -0.4 is 5.32 Å². The van der Waals surface area contributed by atoms with Crippen molar-refractivity contribution >= 4 is 17.4 Å². The Bertz CT molecular complexity index is 485. The van der Waals surface area contributed by atoms with Crippen LogP contribution in [0.25, 0.3) is 0 Å². The lowest BCUT2D eigenvalue weighted by molar-refractivity contribution is 0.466. The SMILES string of the molecule is Cc1ccc(C(C)Nc2cnnc(Cl)n2)o1. The first kappa shape index (κ1) is 10.9. The lowest BCUT2D eigenvalue weighted by Gasteiger charge is -2.11. The van der Waals surface area contributed by atoms with Crippen molar-refractivity contribution in [2.75, 3.05) is 5.32 Å². The third kappa shape index (κ3) is 2.49. The maximum atomic E-state index is 5.63. The average Bonchev–Trinajstić information content (AvgIpc) is 2.65. The Kier molecular flexibility index (Phi) is 3.05. The zero-order valence-electron chi connectivity index (χ0n) is 8.94. The van der Waals surface area contributed by atoms with Gasteiger partial charge in [0.15, 0.2) is 0 Å². The van der Waals surface area contributed by atoms with E-state index in [4.69, 9.17) is 16.0 Å². The maximum Gasteiger partial charge on any atom is 0.244 e. The minimum absolute atomic E-state index is 0.00136. The quantitative estimate of drug-likeness (QED) is 0.891. The van der Waals surface area contributed by atoms with E-state index in [0.717, 1.165) is 11.5 Å². The van der Waals surface area contributed by atoms with E-state index >= 15 is 0 Å². The van der Waals surface area contributed by atoms with Gasteiger partial charge in [-0.3, -0.25) is 0 Å². The van der Waals surface area contributed by atoms with Crippen LogP contribution in [0.5, 0.6) is 0 Å². The standard InChI is InChI=1S/C10H11ClN4O/c1-6-3-4-8(16-6)7(2)13-9-5-12-15-10(11)14-9/h3-5,7H,1-2H3,(H,13,14,15). The number of rotatable bonds is 3. The molecule has 0 saturated heterocycles. The number of hydrogen-bond donors (Lipinski definition) is 1. The van der Waals surface area contributed by atoms with Gasteiger partial charge >= 0.3 is 0 Å². The van der Waals surface area contributed by atoms with Crippen LogP contribution in [0.2, 0.25) is 5.28 Å². The Morgan fingerprint density at radius 3 is 2.88 bits per heavy atom. The summed E-state index contributed by atoms with van der Waals surface area (Å²) in [5.74, 6) is 2.29. The number of hydrogen-bond acceptors (Lipinski definition) is 5. The van der Waals surface area contributed by atoms with Crippen LogP contribution >= 0.6 is 11.6 Å². The molecule has 6 heteroatoms. The van der Waals surface area contributed by atoms with Crippen LogP contribution in [-0.4, -0.2) is 15.2 Å². The molecular weight excluding hydrogens is 228 g/mol. The molecule has 1 atom stereocenters. The molecule has 5 nitrogen and oxygen atoms in total. The summed E-state index contributed by atoms with van der Waals surface area (Å²) in [4.78, 5) is 3.98. The fourth-order valence-electron chi connectivity index (χ4n) is 1.33. The van der Waals surface area contributed by atoms with Crippen molar-refractivity contribution in [2.45, 2.75) is 19.9 Å². The minimum atomic E-state index is 0.00136. The number of furan rings is 1. The summed E-state index contributed by atoms with van der Waals surface area (Å²) >= 11 is 5.63. The zero-order valence-corrected chi connectivity index (χ0v) is 9.69. The smallest absolute Gasteiger partial charge is 0.244 e. The highest BCUT2D eigenvalue weighted by molar-refractivity contribution is 6.28. The first-order valence-corrected chi connectivity index (χ1v) is 5.21. The molecule has 0 aromatic carbocycles.